The Labute approximate surface area is 111 Å². The van der Waals surface area contributed by atoms with Gasteiger partial charge in [-0.3, -0.25) is 10.1 Å². The van der Waals surface area contributed by atoms with E-state index in [0.717, 1.165) is 10.9 Å². The number of rotatable bonds is 3. The summed E-state index contributed by atoms with van der Waals surface area (Å²) in [5.74, 6) is -0.127. The zero-order valence-electron chi connectivity index (χ0n) is 8.70. The smallest absolute Gasteiger partial charge is 0.321 e. The molecule has 1 fully saturated rings. The second-order valence-corrected chi connectivity index (χ2v) is 6.71. The van der Waals surface area contributed by atoms with Crippen LogP contribution in [-0.4, -0.2) is 22.9 Å². The van der Waals surface area contributed by atoms with Gasteiger partial charge in [0.05, 0.1) is 5.37 Å². The molecule has 0 bridgehead atoms. The Morgan fingerprint density at radius 3 is 3.00 bits per heavy atom. The Bertz CT molecular complexity index is 408. The van der Waals surface area contributed by atoms with E-state index in [0.29, 0.717) is 5.75 Å². The van der Waals surface area contributed by atoms with Crippen LogP contribution in [0.2, 0.25) is 0 Å². The van der Waals surface area contributed by atoms with Gasteiger partial charge >= 0.3 is 5.97 Å². The lowest BCUT2D eigenvalue weighted by Crippen LogP contribution is -2.33. The van der Waals surface area contributed by atoms with E-state index in [1.54, 1.807) is 23.1 Å². The van der Waals surface area contributed by atoms with Crippen molar-refractivity contribution in [3.8, 4) is 0 Å². The van der Waals surface area contributed by atoms with Crippen LogP contribution in [0.15, 0.2) is 10.5 Å². The molecule has 0 aliphatic carbocycles. The van der Waals surface area contributed by atoms with Gasteiger partial charge in [-0.05, 0) is 28.4 Å². The second-order valence-electron chi connectivity index (χ2n) is 3.54. The van der Waals surface area contributed by atoms with Crippen LogP contribution < -0.4 is 5.32 Å². The standard InChI is InChI=1S/C10H12BrNO2S2/c1-2-7-5(11)3-8(16-7)9-12-6(4-15-9)10(13)14/h3,6,9,12H,2,4H2,1H3,(H,13,14). The highest BCUT2D eigenvalue weighted by atomic mass is 79.9. The molecular weight excluding hydrogens is 310 g/mol. The monoisotopic (exact) mass is 321 g/mol. The Balaban J connectivity index is 2.11. The van der Waals surface area contributed by atoms with Crippen molar-refractivity contribution in [2.75, 3.05) is 5.75 Å². The molecule has 2 rings (SSSR count). The number of aliphatic carboxylic acids is 1. The van der Waals surface area contributed by atoms with Gasteiger partial charge in [-0.1, -0.05) is 6.92 Å². The largest absolute Gasteiger partial charge is 0.480 e. The average molecular weight is 322 g/mol. The molecule has 2 heterocycles. The van der Waals surface area contributed by atoms with Crippen LogP contribution in [0.5, 0.6) is 0 Å². The molecule has 0 saturated carbocycles. The Morgan fingerprint density at radius 1 is 1.75 bits per heavy atom. The van der Waals surface area contributed by atoms with E-state index in [-0.39, 0.29) is 5.37 Å². The summed E-state index contributed by atoms with van der Waals surface area (Å²) in [6, 6.07) is 1.68. The van der Waals surface area contributed by atoms with Crippen LogP contribution in [-0.2, 0) is 11.2 Å². The number of carboxylic acids is 1. The number of carboxylic acid groups (broad SMARTS) is 1. The molecule has 0 radical (unpaired) electrons. The summed E-state index contributed by atoms with van der Waals surface area (Å²) < 4.78 is 1.14. The van der Waals surface area contributed by atoms with Gasteiger partial charge in [-0.25, -0.2) is 0 Å². The first kappa shape index (κ1) is 12.4. The lowest BCUT2D eigenvalue weighted by Gasteiger charge is -2.07. The first-order chi connectivity index (χ1) is 7.61. The van der Waals surface area contributed by atoms with Crippen molar-refractivity contribution in [3.05, 3.63) is 20.3 Å². The van der Waals surface area contributed by atoms with Gasteiger partial charge in [0.2, 0.25) is 0 Å². The van der Waals surface area contributed by atoms with Crippen LogP contribution in [0.1, 0.15) is 22.1 Å². The number of nitrogens with one attached hydrogen (secondary N) is 1. The number of thioether (sulfide) groups is 1. The summed E-state index contributed by atoms with van der Waals surface area (Å²) in [7, 11) is 0. The van der Waals surface area contributed by atoms with E-state index in [4.69, 9.17) is 5.11 Å². The molecule has 2 N–H and O–H groups in total. The molecule has 0 aromatic carbocycles. The number of halogens is 1. The van der Waals surface area contributed by atoms with E-state index >= 15 is 0 Å². The Hall–Kier alpha value is -0.0400. The van der Waals surface area contributed by atoms with Crippen molar-refractivity contribution in [1.82, 2.24) is 5.32 Å². The van der Waals surface area contributed by atoms with Gasteiger partial charge in [0.1, 0.15) is 6.04 Å². The third-order valence-corrected chi connectivity index (χ3v) is 6.15. The van der Waals surface area contributed by atoms with E-state index in [1.165, 1.54) is 9.75 Å². The normalized spacial score (nSPS) is 24.9. The highest BCUT2D eigenvalue weighted by molar-refractivity contribution is 9.10. The quantitative estimate of drug-likeness (QED) is 0.898. The fraction of sp³-hybridized carbons (Fsp3) is 0.500. The molecule has 3 nitrogen and oxygen atoms in total. The zero-order chi connectivity index (χ0) is 11.7. The van der Waals surface area contributed by atoms with Gasteiger partial charge in [0.15, 0.2) is 0 Å². The topological polar surface area (TPSA) is 49.3 Å². The molecule has 0 amide bonds. The van der Waals surface area contributed by atoms with Crippen LogP contribution in [0.3, 0.4) is 0 Å². The van der Waals surface area contributed by atoms with Crippen LogP contribution in [0.4, 0.5) is 0 Å². The van der Waals surface area contributed by atoms with E-state index in [2.05, 4.69) is 34.2 Å². The van der Waals surface area contributed by atoms with Crippen molar-refractivity contribution in [1.29, 1.82) is 0 Å². The molecule has 1 aromatic heterocycles. The van der Waals surface area contributed by atoms with Crippen molar-refractivity contribution in [3.63, 3.8) is 0 Å². The van der Waals surface area contributed by atoms with Crippen molar-refractivity contribution >= 4 is 45.0 Å². The van der Waals surface area contributed by atoms with Gasteiger partial charge in [-0.15, -0.1) is 23.1 Å². The first-order valence-electron chi connectivity index (χ1n) is 5.00. The first-order valence-corrected chi connectivity index (χ1v) is 7.66. The molecule has 88 valence electrons. The number of aryl methyl sites for hydroxylation is 1. The summed E-state index contributed by atoms with van der Waals surface area (Å²) in [6.45, 7) is 2.12. The number of hydrogen-bond donors (Lipinski definition) is 2. The molecule has 1 aliphatic heterocycles. The third kappa shape index (κ3) is 2.45. The molecule has 1 aromatic rings. The molecule has 16 heavy (non-hydrogen) atoms. The fourth-order valence-corrected chi connectivity index (χ4v) is 4.90. The van der Waals surface area contributed by atoms with Crippen molar-refractivity contribution in [2.24, 2.45) is 0 Å². The maximum atomic E-state index is 10.8. The Morgan fingerprint density at radius 2 is 2.50 bits per heavy atom. The maximum absolute atomic E-state index is 10.8. The van der Waals surface area contributed by atoms with Crippen LogP contribution >= 0.6 is 39.0 Å². The second kappa shape index (κ2) is 5.08. The zero-order valence-corrected chi connectivity index (χ0v) is 11.9. The van der Waals surface area contributed by atoms with E-state index in [1.807, 2.05) is 0 Å². The van der Waals surface area contributed by atoms with Crippen molar-refractivity contribution < 1.29 is 9.90 Å². The van der Waals surface area contributed by atoms with Crippen molar-refractivity contribution in [2.45, 2.75) is 24.8 Å². The number of thiophene rings is 1. The molecule has 1 aliphatic rings. The molecule has 6 heteroatoms. The molecule has 2 unspecified atom stereocenters. The fourth-order valence-electron chi connectivity index (χ4n) is 1.57. The third-order valence-electron chi connectivity index (χ3n) is 2.44. The molecule has 1 saturated heterocycles. The minimum atomic E-state index is -0.763. The van der Waals surface area contributed by atoms with Gasteiger partial charge in [-0.2, -0.15) is 0 Å². The van der Waals surface area contributed by atoms with Gasteiger partial charge in [0, 0.05) is 20.0 Å². The number of carbonyl (C=O) groups is 1. The predicted octanol–water partition coefficient (Wildman–Crippen LogP) is 2.86. The summed E-state index contributed by atoms with van der Waals surface area (Å²) in [4.78, 5) is 13.3. The summed E-state index contributed by atoms with van der Waals surface area (Å²) >= 11 is 6.93. The summed E-state index contributed by atoms with van der Waals surface area (Å²) in [5.41, 5.74) is 0. The minimum Gasteiger partial charge on any atom is -0.480 e. The molecule has 2 atom stereocenters. The Kier molecular flexibility index (Phi) is 3.94. The molecule has 0 spiro atoms. The maximum Gasteiger partial charge on any atom is 0.321 e. The summed E-state index contributed by atoms with van der Waals surface area (Å²) in [5, 5.41) is 12.2. The van der Waals surface area contributed by atoms with E-state index < -0.39 is 12.0 Å². The van der Waals surface area contributed by atoms with Gasteiger partial charge in [0.25, 0.3) is 0 Å². The highest BCUT2D eigenvalue weighted by Gasteiger charge is 2.31. The summed E-state index contributed by atoms with van der Waals surface area (Å²) in [6.07, 6.45) is 1.00. The molecular formula is C10H12BrNO2S2. The van der Waals surface area contributed by atoms with Crippen LogP contribution in [0.25, 0.3) is 0 Å². The number of hydrogen-bond acceptors (Lipinski definition) is 4. The van der Waals surface area contributed by atoms with Crippen LogP contribution in [0, 0.1) is 0 Å². The highest BCUT2D eigenvalue weighted by Crippen LogP contribution is 2.39. The predicted molar refractivity (Wildman–Crippen MR) is 71.2 cm³/mol. The minimum absolute atomic E-state index is 0.127. The lowest BCUT2D eigenvalue weighted by molar-refractivity contribution is -0.138. The SMILES string of the molecule is CCc1sc(C2NC(C(=O)O)CS2)cc1Br. The lowest BCUT2D eigenvalue weighted by atomic mass is 10.3. The van der Waals surface area contributed by atoms with E-state index in [9.17, 15) is 4.79 Å². The average Bonchev–Trinajstić information content (AvgIpc) is 2.83. The van der Waals surface area contributed by atoms with Gasteiger partial charge < -0.3 is 5.11 Å².